The van der Waals surface area contributed by atoms with Gasteiger partial charge in [-0.2, -0.15) is 0 Å². The fraction of sp³-hybridized carbons (Fsp3) is 0.400. The molecule has 3 rings (SSSR count). The molecule has 6 heteroatoms. The number of hydrogen-bond donors (Lipinski definition) is 1. The highest BCUT2D eigenvalue weighted by molar-refractivity contribution is 7.14. The molecule has 5 nitrogen and oxygen atoms in total. The molecular weight excluding hydrogens is 348 g/mol. The third-order valence-corrected chi connectivity index (χ3v) is 5.56. The number of pyridine rings is 1. The number of rotatable bonds is 5. The van der Waals surface area contributed by atoms with Crippen molar-refractivity contribution in [2.45, 2.75) is 52.9 Å². The van der Waals surface area contributed by atoms with E-state index in [4.69, 9.17) is 0 Å². The number of aromatic nitrogens is 2. The number of fused-ring (bicyclic) bond motifs is 1. The standard InChI is InChI=1S/C20H22N2O3S/c1-4-5-15-11(2)8-13(10-21-15)18(24)14-6-7-16-20(19(14)25)26-17(22-16)9-12(3)23/h8,10,24H,4-7,9H2,1-3H3/b18-14-. The van der Waals surface area contributed by atoms with Gasteiger partial charge < -0.3 is 5.11 Å². The number of thiazole rings is 1. The molecule has 2 heterocycles. The van der Waals surface area contributed by atoms with E-state index >= 15 is 0 Å². The maximum Gasteiger partial charge on any atom is 0.204 e. The molecule has 0 atom stereocenters. The molecule has 2 aromatic rings. The fourth-order valence-corrected chi connectivity index (χ4v) is 4.31. The van der Waals surface area contributed by atoms with Crippen LogP contribution in [-0.4, -0.2) is 26.6 Å². The van der Waals surface area contributed by atoms with Crippen LogP contribution in [-0.2, 0) is 24.1 Å². The Bertz CT molecular complexity index is 912. The van der Waals surface area contributed by atoms with Gasteiger partial charge in [0.05, 0.1) is 17.0 Å². The number of aliphatic hydroxyl groups is 1. The van der Waals surface area contributed by atoms with E-state index in [1.807, 2.05) is 13.0 Å². The summed E-state index contributed by atoms with van der Waals surface area (Å²) in [6.45, 7) is 5.58. The Hall–Kier alpha value is -2.34. The maximum absolute atomic E-state index is 12.8. The molecule has 0 bridgehead atoms. The smallest absolute Gasteiger partial charge is 0.204 e. The Kier molecular flexibility index (Phi) is 5.32. The first-order chi connectivity index (χ1) is 12.4. The van der Waals surface area contributed by atoms with Gasteiger partial charge in [-0.15, -0.1) is 11.3 Å². The number of Topliss-reactive ketones (excluding diaryl/α,β-unsaturated/α-hetero) is 2. The molecule has 0 aromatic carbocycles. The van der Waals surface area contributed by atoms with Gasteiger partial charge in [0.2, 0.25) is 5.78 Å². The Morgan fingerprint density at radius 1 is 1.35 bits per heavy atom. The molecule has 0 aliphatic heterocycles. The molecule has 0 amide bonds. The Labute approximate surface area is 156 Å². The molecule has 0 fully saturated rings. The van der Waals surface area contributed by atoms with E-state index in [1.54, 1.807) is 6.20 Å². The van der Waals surface area contributed by atoms with Gasteiger partial charge in [0.25, 0.3) is 0 Å². The second-order valence-corrected chi connectivity index (χ2v) is 7.74. The lowest BCUT2D eigenvalue weighted by Crippen LogP contribution is -2.14. The summed E-state index contributed by atoms with van der Waals surface area (Å²) in [4.78, 5) is 33.5. The van der Waals surface area contributed by atoms with E-state index in [2.05, 4.69) is 16.9 Å². The fourth-order valence-electron chi connectivity index (χ4n) is 3.16. The van der Waals surface area contributed by atoms with E-state index in [1.165, 1.54) is 18.3 Å². The predicted octanol–water partition coefficient (Wildman–Crippen LogP) is 4.03. The number of aliphatic hydroxyl groups excluding tert-OH is 1. The molecule has 136 valence electrons. The average molecular weight is 370 g/mol. The van der Waals surface area contributed by atoms with E-state index in [-0.39, 0.29) is 23.7 Å². The Morgan fingerprint density at radius 2 is 2.12 bits per heavy atom. The van der Waals surface area contributed by atoms with E-state index < -0.39 is 0 Å². The summed E-state index contributed by atoms with van der Waals surface area (Å²) in [6.07, 6.45) is 4.82. The van der Waals surface area contributed by atoms with Crippen molar-refractivity contribution < 1.29 is 14.7 Å². The third kappa shape index (κ3) is 3.60. The number of nitrogens with zero attached hydrogens (tertiary/aromatic N) is 2. The summed E-state index contributed by atoms with van der Waals surface area (Å²) in [7, 11) is 0. The second kappa shape index (κ2) is 7.50. The van der Waals surface area contributed by atoms with Crippen molar-refractivity contribution in [1.82, 2.24) is 9.97 Å². The number of carbonyl (C=O) groups is 2. The zero-order valence-corrected chi connectivity index (χ0v) is 16.1. The van der Waals surface area contributed by atoms with Crippen molar-refractivity contribution in [2.24, 2.45) is 0 Å². The highest BCUT2D eigenvalue weighted by Crippen LogP contribution is 2.33. The number of carbonyl (C=O) groups excluding carboxylic acids is 2. The van der Waals surface area contributed by atoms with Crippen LogP contribution in [0.15, 0.2) is 17.8 Å². The largest absolute Gasteiger partial charge is 0.507 e. The summed E-state index contributed by atoms with van der Waals surface area (Å²) < 4.78 is 0. The zero-order chi connectivity index (χ0) is 18.8. The molecular formula is C20H22N2O3S. The molecule has 1 aliphatic rings. The van der Waals surface area contributed by atoms with Crippen molar-refractivity contribution >= 4 is 28.7 Å². The summed E-state index contributed by atoms with van der Waals surface area (Å²) in [6, 6.07) is 1.89. The van der Waals surface area contributed by atoms with Crippen molar-refractivity contribution in [3.63, 3.8) is 0 Å². The van der Waals surface area contributed by atoms with Crippen molar-refractivity contribution in [2.75, 3.05) is 0 Å². The second-order valence-electron chi connectivity index (χ2n) is 6.66. The van der Waals surface area contributed by atoms with Crippen LogP contribution >= 0.6 is 11.3 Å². The van der Waals surface area contributed by atoms with E-state index in [0.29, 0.717) is 33.9 Å². The number of allylic oxidation sites excluding steroid dienone is 1. The highest BCUT2D eigenvalue weighted by atomic mass is 32.1. The normalized spacial score (nSPS) is 15.7. The SMILES string of the molecule is CCCc1ncc(/C(O)=C2\CCc3nc(CC(C)=O)sc3C2=O)cc1C. The van der Waals surface area contributed by atoms with Gasteiger partial charge in [0.15, 0.2) is 0 Å². The lowest BCUT2D eigenvalue weighted by molar-refractivity contribution is -0.116. The minimum absolute atomic E-state index is 0.000756. The first-order valence-electron chi connectivity index (χ1n) is 8.81. The van der Waals surface area contributed by atoms with Crippen LogP contribution in [0.5, 0.6) is 0 Å². The number of hydrogen-bond acceptors (Lipinski definition) is 6. The van der Waals surface area contributed by atoms with Crippen molar-refractivity contribution in [3.8, 4) is 0 Å². The Balaban J connectivity index is 1.94. The van der Waals surface area contributed by atoms with E-state index in [9.17, 15) is 14.7 Å². The minimum Gasteiger partial charge on any atom is -0.507 e. The van der Waals surface area contributed by atoms with Crippen LogP contribution in [0, 0.1) is 6.92 Å². The van der Waals surface area contributed by atoms with Crippen LogP contribution in [0.4, 0.5) is 0 Å². The first kappa shape index (κ1) is 18.5. The lowest BCUT2D eigenvalue weighted by Gasteiger charge is -2.15. The van der Waals surface area contributed by atoms with Crippen LogP contribution in [0.25, 0.3) is 5.76 Å². The first-order valence-corrected chi connectivity index (χ1v) is 9.63. The lowest BCUT2D eigenvalue weighted by atomic mass is 9.92. The minimum atomic E-state index is -0.189. The third-order valence-electron chi connectivity index (χ3n) is 4.47. The molecule has 0 radical (unpaired) electrons. The molecule has 0 spiro atoms. The summed E-state index contributed by atoms with van der Waals surface area (Å²) >= 11 is 1.26. The summed E-state index contributed by atoms with van der Waals surface area (Å²) in [5.41, 5.74) is 3.74. The molecule has 2 aromatic heterocycles. The van der Waals surface area contributed by atoms with Crippen LogP contribution in [0.1, 0.15) is 63.9 Å². The van der Waals surface area contributed by atoms with E-state index in [0.717, 1.165) is 29.8 Å². The topological polar surface area (TPSA) is 80.2 Å². The Morgan fingerprint density at radius 3 is 2.77 bits per heavy atom. The van der Waals surface area contributed by atoms with Crippen LogP contribution in [0.2, 0.25) is 0 Å². The van der Waals surface area contributed by atoms with Gasteiger partial charge in [0.1, 0.15) is 16.6 Å². The maximum atomic E-state index is 12.8. The van der Waals surface area contributed by atoms with Crippen LogP contribution < -0.4 is 0 Å². The molecule has 1 aliphatic carbocycles. The molecule has 0 saturated heterocycles. The monoisotopic (exact) mass is 370 g/mol. The van der Waals surface area contributed by atoms with Gasteiger partial charge in [0, 0.05) is 23.0 Å². The van der Waals surface area contributed by atoms with Gasteiger partial charge in [-0.25, -0.2) is 4.98 Å². The van der Waals surface area contributed by atoms with Gasteiger partial charge in [-0.1, -0.05) is 13.3 Å². The highest BCUT2D eigenvalue weighted by Gasteiger charge is 2.29. The van der Waals surface area contributed by atoms with Crippen molar-refractivity contribution in [1.29, 1.82) is 0 Å². The van der Waals surface area contributed by atoms with Gasteiger partial charge in [-0.05, 0) is 44.7 Å². The number of aryl methyl sites for hydroxylation is 3. The molecule has 26 heavy (non-hydrogen) atoms. The quantitative estimate of drug-likeness (QED) is 0.635. The summed E-state index contributed by atoms with van der Waals surface area (Å²) in [5.74, 6) is -0.164. The van der Waals surface area contributed by atoms with Gasteiger partial charge in [-0.3, -0.25) is 14.6 Å². The molecule has 1 N–H and O–H groups in total. The van der Waals surface area contributed by atoms with Gasteiger partial charge >= 0.3 is 0 Å². The summed E-state index contributed by atoms with van der Waals surface area (Å²) in [5, 5.41) is 11.4. The predicted molar refractivity (Wildman–Crippen MR) is 102 cm³/mol. The average Bonchev–Trinajstić information content (AvgIpc) is 2.99. The van der Waals surface area contributed by atoms with Crippen LogP contribution in [0.3, 0.4) is 0 Å². The number of ketones is 2. The van der Waals surface area contributed by atoms with Crippen molar-refractivity contribution in [3.05, 3.63) is 50.2 Å². The zero-order valence-electron chi connectivity index (χ0n) is 15.3. The molecule has 0 unspecified atom stereocenters. The molecule has 0 saturated carbocycles.